The highest BCUT2D eigenvalue weighted by Gasteiger charge is 2.51. The summed E-state index contributed by atoms with van der Waals surface area (Å²) in [4.78, 5) is 26.2. The molecule has 0 aliphatic carbocycles. The normalized spacial score (nSPS) is 28.2. The Balaban J connectivity index is 1.67. The molecule has 21 heavy (non-hydrogen) atoms. The van der Waals surface area contributed by atoms with E-state index in [0.29, 0.717) is 13.2 Å². The lowest BCUT2D eigenvalue weighted by Crippen LogP contribution is -2.41. The van der Waals surface area contributed by atoms with Crippen LogP contribution in [-0.4, -0.2) is 42.5 Å². The third kappa shape index (κ3) is 2.78. The Kier molecular flexibility index (Phi) is 3.92. The van der Waals surface area contributed by atoms with Gasteiger partial charge in [0.15, 0.2) is 0 Å². The van der Waals surface area contributed by atoms with Crippen LogP contribution in [0.2, 0.25) is 0 Å². The van der Waals surface area contributed by atoms with Crippen molar-refractivity contribution in [2.45, 2.75) is 19.5 Å². The van der Waals surface area contributed by atoms with Gasteiger partial charge < -0.3 is 10.1 Å². The van der Waals surface area contributed by atoms with Gasteiger partial charge in [-0.2, -0.15) is 0 Å². The lowest BCUT2D eigenvalue weighted by molar-refractivity contribution is -0.147. The zero-order chi connectivity index (χ0) is 14.8. The number of rotatable bonds is 4. The molecule has 0 spiro atoms. The number of esters is 1. The van der Waals surface area contributed by atoms with Crippen LogP contribution in [0.4, 0.5) is 0 Å². The quantitative estimate of drug-likeness (QED) is 0.833. The number of hydrogen-bond acceptors (Lipinski definition) is 4. The summed E-state index contributed by atoms with van der Waals surface area (Å²) in [5.41, 5.74) is 1.23. The van der Waals surface area contributed by atoms with Crippen molar-refractivity contribution in [1.82, 2.24) is 10.2 Å². The number of amides is 1. The number of carbonyl (C=O) groups is 2. The van der Waals surface area contributed by atoms with Gasteiger partial charge in [-0.25, -0.2) is 4.79 Å². The molecule has 1 N–H and O–H groups in total. The summed E-state index contributed by atoms with van der Waals surface area (Å²) in [7, 11) is 0. The molecule has 0 saturated carbocycles. The third-order valence-corrected chi connectivity index (χ3v) is 4.29. The molecule has 3 unspecified atom stereocenters. The van der Waals surface area contributed by atoms with E-state index in [4.69, 9.17) is 4.74 Å². The molecule has 2 saturated heterocycles. The second kappa shape index (κ2) is 5.85. The summed E-state index contributed by atoms with van der Waals surface area (Å²) in [6.45, 7) is 4.40. The van der Waals surface area contributed by atoms with E-state index in [1.807, 2.05) is 18.2 Å². The van der Waals surface area contributed by atoms with E-state index >= 15 is 0 Å². The van der Waals surface area contributed by atoms with Crippen LogP contribution in [0.25, 0.3) is 0 Å². The molecule has 5 nitrogen and oxygen atoms in total. The third-order valence-electron chi connectivity index (χ3n) is 4.29. The first-order chi connectivity index (χ1) is 10.2. The molecule has 3 atom stereocenters. The van der Waals surface area contributed by atoms with Crippen LogP contribution in [-0.2, 0) is 20.9 Å². The van der Waals surface area contributed by atoms with Crippen LogP contribution >= 0.6 is 0 Å². The van der Waals surface area contributed by atoms with Gasteiger partial charge in [-0.15, -0.1) is 0 Å². The van der Waals surface area contributed by atoms with Gasteiger partial charge in [-0.3, -0.25) is 9.69 Å². The number of fused-ring (bicyclic) bond motifs is 1. The molecule has 2 fully saturated rings. The summed E-state index contributed by atoms with van der Waals surface area (Å²) in [6.07, 6.45) is 0. The van der Waals surface area contributed by atoms with Gasteiger partial charge in [0.1, 0.15) is 6.04 Å². The topological polar surface area (TPSA) is 58.6 Å². The van der Waals surface area contributed by atoms with E-state index in [1.165, 1.54) is 5.56 Å². The standard InChI is InChI=1S/C16H20N2O3/c1-2-21-16(20)14-12-9-18(10-13(12)15(19)17-14)8-11-6-4-3-5-7-11/h3-7,12-14H,2,8-10H2,1H3,(H,17,19). The molecule has 3 rings (SSSR count). The van der Waals surface area contributed by atoms with E-state index in [0.717, 1.165) is 13.1 Å². The minimum atomic E-state index is -0.483. The number of nitrogens with one attached hydrogen (secondary N) is 1. The van der Waals surface area contributed by atoms with Crippen molar-refractivity contribution >= 4 is 11.9 Å². The lowest BCUT2D eigenvalue weighted by atomic mass is 9.94. The van der Waals surface area contributed by atoms with E-state index in [1.54, 1.807) is 6.92 Å². The van der Waals surface area contributed by atoms with Crippen molar-refractivity contribution in [2.24, 2.45) is 11.8 Å². The summed E-state index contributed by atoms with van der Waals surface area (Å²) in [6, 6.07) is 9.70. The van der Waals surface area contributed by atoms with E-state index in [2.05, 4.69) is 22.3 Å². The molecular weight excluding hydrogens is 268 g/mol. The second-order valence-corrected chi connectivity index (χ2v) is 5.69. The van der Waals surface area contributed by atoms with Gasteiger partial charge in [-0.1, -0.05) is 30.3 Å². The molecule has 0 aromatic heterocycles. The highest BCUT2D eigenvalue weighted by molar-refractivity contribution is 5.91. The first kappa shape index (κ1) is 14.1. The molecular formula is C16H20N2O3. The van der Waals surface area contributed by atoms with Crippen molar-refractivity contribution in [3.63, 3.8) is 0 Å². The monoisotopic (exact) mass is 288 g/mol. The first-order valence-corrected chi connectivity index (χ1v) is 7.42. The number of ether oxygens (including phenoxy) is 1. The number of carbonyl (C=O) groups excluding carboxylic acids is 2. The van der Waals surface area contributed by atoms with Gasteiger partial charge in [0.2, 0.25) is 5.91 Å². The maximum atomic E-state index is 12.0. The fourth-order valence-electron chi connectivity index (χ4n) is 3.33. The highest BCUT2D eigenvalue weighted by Crippen LogP contribution is 2.33. The molecule has 2 aliphatic rings. The second-order valence-electron chi connectivity index (χ2n) is 5.69. The van der Waals surface area contributed by atoms with Crippen molar-refractivity contribution in [2.75, 3.05) is 19.7 Å². The SMILES string of the molecule is CCOC(=O)C1NC(=O)C2CN(Cc3ccccc3)CC21. The average molecular weight is 288 g/mol. The zero-order valence-corrected chi connectivity index (χ0v) is 12.1. The molecule has 1 amide bonds. The predicted octanol–water partition coefficient (Wildman–Crippen LogP) is 0.796. The average Bonchev–Trinajstić information content (AvgIpc) is 3.01. The Morgan fingerprint density at radius 1 is 1.33 bits per heavy atom. The first-order valence-electron chi connectivity index (χ1n) is 7.42. The maximum absolute atomic E-state index is 12.0. The Labute approximate surface area is 124 Å². The molecule has 1 aromatic rings. The minimum absolute atomic E-state index is 0.0198. The molecule has 0 bridgehead atoms. The van der Waals surface area contributed by atoms with Crippen molar-refractivity contribution in [1.29, 1.82) is 0 Å². The molecule has 0 radical (unpaired) electrons. The van der Waals surface area contributed by atoms with Crippen molar-refractivity contribution < 1.29 is 14.3 Å². The maximum Gasteiger partial charge on any atom is 0.328 e. The number of likely N-dealkylation sites (tertiary alicyclic amines) is 1. The Morgan fingerprint density at radius 2 is 2.10 bits per heavy atom. The molecule has 5 heteroatoms. The predicted molar refractivity (Wildman–Crippen MR) is 77.3 cm³/mol. The number of nitrogens with zero attached hydrogens (tertiary/aromatic N) is 1. The Hall–Kier alpha value is -1.88. The van der Waals surface area contributed by atoms with E-state index in [9.17, 15) is 9.59 Å². The van der Waals surface area contributed by atoms with Crippen molar-refractivity contribution in [3.8, 4) is 0 Å². The van der Waals surface area contributed by atoms with Gasteiger partial charge in [0.05, 0.1) is 12.5 Å². The number of hydrogen-bond donors (Lipinski definition) is 1. The highest BCUT2D eigenvalue weighted by atomic mass is 16.5. The molecule has 1 aromatic carbocycles. The lowest BCUT2D eigenvalue weighted by Gasteiger charge is -2.19. The van der Waals surface area contributed by atoms with Gasteiger partial charge in [0, 0.05) is 25.6 Å². The van der Waals surface area contributed by atoms with Crippen LogP contribution in [0.1, 0.15) is 12.5 Å². The zero-order valence-electron chi connectivity index (χ0n) is 12.1. The summed E-state index contributed by atoms with van der Waals surface area (Å²) < 4.78 is 5.06. The number of benzene rings is 1. The van der Waals surface area contributed by atoms with Crippen molar-refractivity contribution in [3.05, 3.63) is 35.9 Å². The van der Waals surface area contributed by atoms with E-state index in [-0.39, 0.29) is 23.7 Å². The van der Waals surface area contributed by atoms with Crippen LogP contribution in [0.5, 0.6) is 0 Å². The largest absolute Gasteiger partial charge is 0.464 e. The molecule has 112 valence electrons. The van der Waals surface area contributed by atoms with E-state index < -0.39 is 6.04 Å². The van der Waals surface area contributed by atoms with Crippen LogP contribution < -0.4 is 5.32 Å². The Bertz CT molecular complexity index is 532. The smallest absolute Gasteiger partial charge is 0.328 e. The van der Waals surface area contributed by atoms with Crippen LogP contribution in [0.15, 0.2) is 30.3 Å². The van der Waals surface area contributed by atoms with Crippen LogP contribution in [0, 0.1) is 11.8 Å². The fraction of sp³-hybridized carbons (Fsp3) is 0.500. The van der Waals surface area contributed by atoms with Crippen LogP contribution in [0.3, 0.4) is 0 Å². The van der Waals surface area contributed by atoms with Gasteiger partial charge >= 0.3 is 5.97 Å². The summed E-state index contributed by atoms with van der Waals surface area (Å²) >= 11 is 0. The Morgan fingerprint density at radius 3 is 2.81 bits per heavy atom. The summed E-state index contributed by atoms with van der Waals surface area (Å²) in [5, 5.41) is 2.78. The fourth-order valence-corrected chi connectivity index (χ4v) is 3.33. The molecule has 2 aliphatic heterocycles. The van der Waals surface area contributed by atoms with Gasteiger partial charge in [0.25, 0.3) is 0 Å². The van der Waals surface area contributed by atoms with Gasteiger partial charge in [-0.05, 0) is 12.5 Å². The minimum Gasteiger partial charge on any atom is -0.464 e. The molecule has 2 heterocycles. The summed E-state index contributed by atoms with van der Waals surface area (Å²) in [5.74, 6) is -0.392.